The SMILES string of the molecule is Cc1ccc(/C(N)=N/N(N)C(C)C2CC2)cc1NC(=O)c1cnn2ccccc12. The molecule has 2 heterocycles. The number of nitrogens with two attached hydrogens (primary N) is 2. The van der Waals surface area contributed by atoms with Crippen LogP contribution in [0.25, 0.3) is 5.52 Å². The van der Waals surface area contributed by atoms with Crippen LogP contribution in [0.15, 0.2) is 53.9 Å². The fraction of sp³-hybridized carbons (Fsp3) is 0.286. The summed E-state index contributed by atoms with van der Waals surface area (Å²) in [6.07, 6.45) is 5.71. The minimum absolute atomic E-state index is 0.147. The molecule has 5 N–H and O–H groups in total. The third-order valence-electron chi connectivity index (χ3n) is 5.40. The van der Waals surface area contributed by atoms with E-state index >= 15 is 0 Å². The summed E-state index contributed by atoms with van der Waals surface area (Å²) in [5.41, 5.74) is 9.71. The van der Waals surface area contributed by atoms with E-state index in [2.05, 4.69) is 15.5 Å². The maximum atomic E-state index is 12.8. The Morgan fingerprint density at radius 2 is 2.14 bits per heavy atom. The minimum Gasteiger partial charge on any atom is -0.382 e. The maximum absolute atomic E-state index is 12.8. The van der Waals surface area contributed by atoms with Crippen molar-refractivity contribution in [2.75, 3.05) is 5.32 Å². The number of carbonyl (C=O) groups excluding carboxylic acids is 1. The van der Waals surface area contributed by atoms with E-state index < -0.39 is 0 Å². The number of nitrogens with zero attached hydrogens (tertiary/aromatic N) is 4. The zero-order valence-electron chi connectivity index (χ0n) is 16.5. The van der Waals surface area contributed by atoms with Crippen LogP contribution in [0.4, 0.5) is 5.69 Å². The fourth-order valence-corrected chi connectivity index (χ4v) is 3.28. The first-order chi connectivity index (χ1) is 13.9. The van der Waals surface area contributed by atoms with Crippen LogP contribution in [-0.2, 0) is 0 Å². The number of rotatable bonds is 6. The molecule has 1 atom stereocenters. The van der Waals surface area contributed by atoms with Crippen molar-refractivity contribution in [1.82, 2.24) is 14.7 Å². The van der Waals surface area contributed by atoms with Crippen molar-refractivity contribution in [1.29, 1.82) is 0 Å². The van der Waals surface area contributed by atoms with Crippen LogP contribution in [0.1, 0.15) is 41.3 Å². The van der Waals surface area contributed by atoms with Crippen molar-refractivity contribution in [3.8, 4) is 0 Å². The average Bonchev–Trinajstić information content (AvgIpc) is 3.47. The Bertz CT molecular complexity index is 1080. The van der Waals surface area contributed by atoms with Crippen molar-refractivity contribution >= 4 is 22.9 Å². The predicted octanol–water partition coefficient (Wildman–Crippen LogP) is 2.49. The first-order valence-electron chi connectivity index (χ1n) is 9.67. The highest BCUT2D eigenvalue weighted by atomic mass is 16.1. The zero-order chi connectivity index (χ0) is 20.5. The monoisotopic (exact) mass is 391 g/mol. The van der Waals surface area contributed by atoms with Gasteiger partial charge in [-0.3, -0.25) is 4.79 Å². The smallest absolute Gasteiger partial charge is 0.259 e. The van der Waals surface area contributed by atoms with E-state index in [-0.39, 0.29) is 11.9 Å². The molecule has 8 heteroatoms. The molecule has 29 heavy (non-hydrogen) atoms. The molecule has 0 radical (unpaired) electrons. The number of hydrazine groups is 1. The first-order valence-corrected chi connectivity index (χ1v) is 9.67. The van der Waals surface area contributed by atoms with Crippen LogP contribution in [0.2, 0.25) is 0 Å². The van der Waals surface area contributed by atoms with Crippen molar-refractivity contribution in [2.24, 2.45) is 22.6 Å². The highest BCUT2D eigenvalue weighted by Crippen LogP contribution is 2.34. The maximum Gasteiger partial charge on any atom is 0.259 e. The van der Waals surface area contributed by atoms with Crippen molar-refractivity contribution in [3.05, 3.63) is 65.5 Å². The van der Waals surface area contributed by atoms with Crippen molar-refractivity contribution < 1.29 is 4.79 Å². The molecular weight excluding hydrogens is 366 g/mol. The van der Waals surface area contributed by atoms with Gasteiger partial charge >= 0.3 is 0 Å². The summed E-state index contributed by atoms with van der Waals surface area (Å²) in [6.45, 7) is 3.97. The van der Waals surface area contributed by atoms with E-state index in [4.69, 9.17) is 11.6 Å². The van der Waals surface area contributed by atoms with Gasteiger partial charge in [-0.25, -0.2) is 15.5 Å². The normalized spacial score (nSPS) is 15.3. The van der Waals surface area contributed by atoms with Gasteiger partial charge in [0, 0.05) is 17.4 Å². The molecule has 8 nitrogen and oxygen atoms in total. The van der Waals surface area contributed by atoms with Gasteiger partial charge in [0.1, 0.15) is 0 Å². The van der Waals surface area contributed by atoms with Crippen LogP contribution >= 0.6 is 0 Å². The number of carbonyl (C=O) groups is 1. The Hall–Kier alpha value is -3.39. The molecule has 1 saturated carbocycles. The summed E-state index contributed by atoms with van der Waals surface area (Å²) < 4.78 is 1.67. The van der Waals surface area contributed by atoms with Crippen molar-refractivity contribution in [3.63, 3.8) is 0 Å². The van der Waals surface area contributed by atoms with Gasteiger partial charge < -0.3 is 11.1 Å². The number of benzene rings is 1. The number of pyridine rings is 1. The number of aromatic nitrogens is 2. The predicted molar refractivity (Wildman–Crippen MR) is 113 cm³/mol. The molecule has 1 aromatic carbocycles. The van der Waals surface area contributed by atoms with Gasteiger partial charge in [0.05, 0.1) is 23.3 Å². The molecule has 0 saturated heterocycles. The minimum atomic E-state index is -0.232. The Labute approximate surface area is 169 Å². The van der Waals surface area contributed by atoms with Gasteiger partial charge in [0.15, 0.2) is 5.84 Å². The molecular formula is C21H25N7O. The van der Waals surface area contributed by atoms with Gasteiger partial charge in [-0.2, -0.15) is 5.10 Å². The second kappa shape index (κ2) is 7.56. The molecule has 2 aromatic heterocycles. The quantitative estimate of drug-likeness (QED) is 0.258. The Balaban J connectivity index is 1.56. The van der Waals surface area contributed by atoms with Gasteiger partial charge in [-0.1, -0.05) is 18.2 Å². The molecule has 0 aliphatic heterocycles. The topological polar surface area (TPSA) is 114 Å². The van der Waals surface area contributed by atoms with E-state index in [1.54, 1.807) is 16.9 Å². The highest BCUT2D eigenvalue weighted by Gasteiger charge is 2.31. The summed E-state index contributed by atoms with van der Waals surface area (Å²) in [5.74, 6) is 6.71. The molecule has 1 aliphatic carbocycles. The number of nitrogens with one attached hydrogen (secondary N) is 1. The lowest BCUT2D eigenvalue weighted by Gasteiger charge is -2.21. The molecule has 1 fully saturated rings. The number of hydrogen-bond donors (Lipinski definition) is 3. The standard InChI is InChI=1S/C21H25N7O/c1-13-6-7-16(20(22)26-28(23)14(2)15-8-9-15)11-18(13)25-21(29)17-12-24-27-10-4-3-5-19(17)27/h3-7,10-12,14-15H,8-9,23H2,1-2H3,(H2,22,26)(H,25,29). The van der Waals surface area contributed by atoms with Gasteiger partial charge in [0.2, 0.25) is 0 Å². The van der Waals surface area contributed by atoms with Gasteiger partial charge in [0.25, 0.3) is 5.91 Å². The van der Waals surface area contributed by atoms with Crippen LogP contribution in [-0.4, -0.2) is 32.5 Å². The lowest BCUT2D eigenvalue weighted by molar-refractivity contribution is 0.102. The summed E-state index contributed by atoms with van der Waals surface area (Å²) in [6, 6.07) is 11.3. The zero-order valence-corrected chi connectivity index (χ0v) is 16.5. The summed E-state index contributed by atoms with van der Waals surface area (Å²) >= 11 is 0. The Morgan fingerprint density at radius 1 is 1.34 bits per heavy atom. The van der Waals surface area contributed by atoms with Crippen LogP contribution in [0.3, 0.4) is 0 Å². The second-order valence-corrected chi connectivity index (χ2v) is 7.52. The number of amides is 1. The summed E-state index contributed by atoms with van der Waals surface area (Å²) in [7, 11) is 0. The third-order valence-corrected chi connectivity index (χ3v) is 5.40. The molecule has 1 unspecified atom stereocenters. The molecule has 4 rings (SSSR count). The first kappa shape index (κ1) is 18.9. The molecule has 150 valence electrons. The van der Waals surface area contributed by atoms with E-state index in [9.17, 15) is 4.79 Å². The lowest BCUT2D eigenvalue weighted by atomic mass is 10.1. The highest BCUT2D eigenvalue weighted by molar-refractivity contribution is 6.09. The Kier molecular flexibility index (Phi) is 4.94. The van der Waals surface area contributed by atoms with Crippen LogP contribution in [0.5, 0.6) is 0 Å². The van der Waals surface area contributed by atoms with E-state index in [0.717, 1.165) is 11.1 Å². The number of hydrazone groups is 1. The van der Waals surface area contributed by atoms with Crippen LogP contribution < -0.4 is 16.9 Å². The molecule has 3 aromatic rings. The summed E-state index contributed by atoms with van der Waals surface area (Å²) in [4.78, 5) is 12.8. The van der Waals surface area contributed by atoms with Crippen LogP contribution in [0, 0.1) is 12.8 Å². The van der Waals surface area contributed by atoms with Crippen molar-refractivity contribution in [2.45, 2.75) is 32.7 Å². The second-order valence-electron chi connectivity index (χ2n) is 7.52. The molecule has 0 spiro atoms. The molecule has 1 aliphatic rings. The average molecular weight is 391 g/mol. The Morgan fingerprint density at radius 3 is 2.90 bits per heavy atom. The van der Waals surface area contributed by atoms with E-state index in [1.165, 1.54) is 18.0 Å². The number of fused-ring (bicyclic) bond motifs is 1. The molecule has 1 amide bonds. The van der Waals surface area contributed by atoms with Gasteiger partial charge in [-0.15, -0.1) is 5.10 Å². The fourth-order valence-electron chi connectivity index (χ4n) is 3.28. The van der Waals surface area contributed by atoms with Gasteiger partial charge in [-0.05, 0) is 56.4 Å². The molecule has 0 bridgehead atoms. The lowest BCUT2D eigenvalue weighted by Crippen LogP contribution is -2.38. The number of hydrogen-bond acceptors (Lipinski definition) is 5. The van der Waals surface area contributed by atoms with E-state index in [0.29, 0.717) is 28.6 Å². The van der Waals surface area contributed by atoms with E-state index in [1.807, 2.05) is 50.2 Å². The number of amidine groups is 1. The largest absolute Gasteiger partial charge is 0.382 e. The number of aryl methyl sites for hydroxylation is 1. The summed E-state index contributed by atoms with van der Waals surface area (Å²) in [5, 5.41) is 12.9. The number of anilines is 1. The third kappa shape index (κ3) is 3.93.